The van der Waals surface area contributed by atoms with Gasteiger partial charge in [0.05, 0.1) is 12.5 Å². The third kappa shape index (κ3) is 3.43. The third-order valence-corrected chi connectivity index (χ3v) is 2.08. The zero-order chi connectivity index (χ0) is 11.5. The molecule has 0 saturated carbocycles. The highest BCUT2D eigenvalue weighted by Gasteiger charge is 2.38. The molecule has 0 bridgehead atoms. The normalized spacial score (nSPS) is 13.9. The Morgan fingerprint density at radius 3 is 2.40 bits per heavy atom. The molecule has 1 aromatic rings. The van der Waals surface area contributed by atoms with Gasteiger partial charge < -0.3 is 10.2 Å². The summed E-state index contributed by atoms with van der Waals surface area (Å²) in [6.07, 6.45) is -4.74. The molecule has 0 radical (unpaired) electrons. The molecule has 1 aromatic carbocycles. The first-order valence-electron chi connectivity index (χ1n) is 4.39. The molecule has 0 amide bonds. The molecule has 0 fully saturated rings. The van der Waals surface area contributed by atoms with Crippen LogP contribution in [-0.4, -0.2) is 23.0 Å². The van der Waals surface area contributed by atoms with Gasteiger partial charge >= 0.3 is 6.18 Å². The van der Waals surface area contributed by atoms with Gasteiger partial charge in [-0.15, -0.1) is 0 Å². The molecule has 0 aliphatic heterocycles. The summed E-state index contributed by atoms with van der Waals surface area (Å²) in [7, 11) is 0. The second kappa shape index (κ2) is 4.53. The van der Waals surface area contributed by atoms with Crippen molar-refractivity contribution in [3.63, 3.8) is 0 Å². The number of hydrogen-bond acceptors (Lipinski definition) is 2. The van der Waals surface area contributed by atoms with Crippen molar-refractivity contribution in [3.8, 4) is 5.75 Å². The largest absolute Gasteiger partial charge is 0.508 e. The molecule has 15 heavy (non-hydrogen) atoms. The molecule has 1 rings (SSSR count). The Balaban J connectivity index is 2.76. The number of phenols is 1. The van der Waals surface area contributed by atoms with Gasteiger partial charge in [-0.2, -0.15) is 13.2 Å². The van der Waals surface area contributed by atoms with Crippen molar-refractivity contribution in [3.05, 3.63) is 29.8 Å². The van der Waals surface area contributed by atoms with E-state index in [1.807, 2.05) is 0 Å². The van der Waals surface area contributed by atoms with Crippen LogP contribution in [0.1, 0.15) is 5.56 Å². The summed E-state index contributed by atoms with van der Waals surface area (Å²) >= 11 is 0. The molecule has 1 unspecified atom stereocenters. The smallest absolute Gasteiger partial charge is 0.394 e. The van der Waals surface area contributed by atoms with E-state index in [0.29, 0.717) is 5.56 Å². The van der Waals surface area contributed by atoms with E-state index in [1.165, 1.54) is 24.3 Å². The predicted molar refractivity (Wildman–Crippen MR) is 48.4 cm³/mol. The number of aliphatic hydroxyl groups excluding tert-OH is 1. The van der Waals surface area contributed by atoms with Gasteiger partial charge in [0.15, 0.2) is 0 Å². The van der Waals surface area contributed by atoms with Crippen LogP contribution in [0.25, 0.3) is 0 Å². The van der Waals surface area contributed by atoms with E-state index in [2.05, 4.69) is 0 Å². The molecule has 84 valence electrons. The summed E-state index contributed by atoms with van der Waals surface area (Å²) in [5.74, 6) is -1.86. The fraction of sp³-hybridized carbons (Fsp3) is 0.400. The van der Waals surface area contributed by atoms with Crippen molar-refractivity contribution in [1.82, 2.24) is 0 Å². The minimum absolute atomic E-state index is 0.0774. The summed E-state index contributed by atoms with van der Waals surface area (Å²) in [4.78, 5) is 0. The first-order valence-corrected chi connectivity index (χ1v) is 4.39. The van der Waals surface area contributed by atoms with E-state index in [-0.39, 0.29) is 12.2 Å². The fourth-order valence-electron chi connectivity index (χ4n) is 1.25. The van der Waals surface area contributed by atoms with Gasteiger partial charge in [0.1, 0.15) is 5.75 Å². The average molecular weight is 220 g/mol. The lowest BCUT2D eigenvalue weighted by molar-refractivity contribution is -0.183. The third-order valence-electron chi connectivity index (χ3n) is 2.08. The molecule has 0 spiro atoms. The van der Waals surface area contributed by atoms with E-state index in [9.17, 15) is 13.2 Å². The molecule has 0 aromatic heterocycles. The standard InChI is InChI=1S/C10H11F3O2/c11-10(12,13)8(6-14)4-7-2-1-3-9(15)5-7/h1-3,5,8,14-15H,4,6H2. The monoisotopic (exact) mass is 220 g/mol. The molecular weight excluding hydrogens is 209 g/mol. The van der Waals surface area contributed by atoms with Crippen molar-refractivity contribution in [2.45, 2.75) is 12.6 Å². The lowest BCUT2D eigenvalue weighted by atomic mass is 9.99. The van der Waals surface area contributed by atoms with Gasteiger partial charge in [0.25, 0.3) is 0 Å². The van der Waals surface area contributed by atoms with Crippen LogP contribution in [0, 0.1) is 5.92 Å². The van der Waals surface area contributed by atoms with Gasteiger partial charge in [0, 0.05) is 0 Å². The number of halogens is 3. The van der Waals surface area contributed by atoms with Crippen LogP contribution in [0.5, 0.6) is 5.75 Å². The number of alkyl halides is 3. The van der Waals surface area contributed by atoms with Crippen molar-refractivity contribution in [2.24, 2.45) is 5.92 Å². The van der Waals surface area contributed by atoms with E-state index < -0.39 is 18.7 Å². The maximum absolute atomic E-state index is 12.3. The van der Waals surface area contributed by atoms with E-state index in [0.717, 1.165) is 0 Å². The first-order chi connectivity index (χ1) is 6.93. The molecule has 2 N–H and O–H groups in total. The summed E-state index contributed by atoms with van der Waals surface area (Å²) in [6.45, 7) is -0.945. The summed E-state index contributed by atoms with van der Waals surface area (Å²) in [5, 5.41) is 17.7. The number of aromatic hydroxyl groups is 1. The Morgan fingerprint density at radius 1 is 1.27 bits per heavy atom. The first kappa shape index (κ1) is 11.8. The Kier molecular flexibility index (Phi) is 3.57. The molecule has 0 saturated heterocycles. The lowest BCUT2D eigenvalue weighted by Gasteiger charge is -2.17. The minimum Gasteiger partial charge on any atom is -0.508 e. The van der Waals surface area contributed by atoms with Crippen LogP contribution in [0.4, 0.5) is 13.2 Å². The maximum Gasteiger partial charge on any atom is 0.394 e. The number of phenolic OH excluding ortho intramolecular Hbond substituents is 1. The molecule has 2 nitrogen and oxygen atoms in total. The van der Waals surface area contributed by atoms with Crippen molar-refractivity contribution >= 4 is 0 Å². The van der Waals surface area contributed by atoms with Crippen molar-refractivity contribution in [1.29, 1.82) is 0 Å². The summed E-state index contributed by atoms with van der Waals surface area (Å²) < 4.78 is 36.9. The van der Waals surface area contributed by atoms with Crippen LogP contribution in [0.15, 0.2) is 24.3 Å². The highest BCUT2D eigenvalue weighted by molar-refractivity contribution is 5.27. The molecule has 0 aliphatic carbocycles. The topological polar surface area (TPSA) is 40.5 Å². The second-order valence-electron chi connectivity index (χ2n) is 3.30. The zero-order valence-electron chi connectivity index (χ0n) is 7.83. The number of rotatable bonds is 3. The molecule has 0 heterocycles. The van der Waals surface area contributed by atoms with Crippen molar-refractivity contribution < 1.29 is 23.4 Å². The highest BCUT2D eigenvalue weighted by Crippen LogP contribution is 2.29. The Bertz CT molecular complexity index is 323. The number of aliphatic hydroxyl groups is 1. The van der Waals surface area contributed by atoms with Crippen LogP contribution >= 0.6 is 0 Å². The van der Waals surface area contributed by atoms with Crippen molar-refractivity contribution in [2.75, 3.05) is 6.61 Å². The second-order valence-corrected chi connectivity index (χ2v) is 3.30. The fourth-order valence-corrected chi connectivity index (χ4v) is 1.25. The van der Waals surface area contributed by atoms with Gasteiger partial charge in [-0.25, -0.2) is 0 Å². The predicted octanol–water partition coefficient (Wildman–Crippen LogP) is 2.11. The van der Waals surface area contributed by atoms with Gasteiger partial charge in [-0.1, -0.05) is 12.1 Å². The maximum atomic E-state index is 12.3. The Labute approximate surface area is 85.0 Å². The molecule has 0 aliphatic rings. The van der Waals surface area contributed by atoms with Gasteiger partial charge in [0.2, 0.25) is 0 Å². The lowest BCUT2D eigenvalue weighted by Crippen LogP contribution is -2.28. The zero-order valence-corrected chi connectivity index (χ0v) is 7.83. The summed E-state index contributed by atoms with van der Waals surface area (Å²) in [6, 6.07) is 5.59. The Morgan fingerprint density at radius 2 is 1.93 bits per heavy atom. The average Bonchev–Trinajstić information content (AvgIpc) is 2.12. The molecular formula is C10H11F3O2. The molecule has 5 heteroatoms. The van der Waals surface area contributed by atoms with Crippen LogP contribution in [-0.2, 0) is 6.42 Å². The van der Waals surface area contributed by atoms with Crippen LogP contribution in [0.3, 0.4) is 0 Å². The SMILES string of the molecule is OCC(Cc1cccc(O)c1)C(F)(F)F. The Hall–Kier alpha value is -1.23. The van der Waals surface area contributed by atoms with E-state index in [1.54, 1.807) is 0 Å². The quantitative estimate of drug-likeness (QED) is 0.819. The minimum atomic E-state index is -4.42. The van der Waals surface area contributed by atoms with Crippen LogP contribution < -0.4 is 0 Å². The van der Waals surface area contributed by atoms with Crippen LogP contribution in [0.2, 0.25) is 0 Å². The highest BCUT2D eigenvalue weighted by atomic mass is 19.4. The van der Waals surface area contributed by atoms with E-state index >= 15 is 0 Å². The van der Waals surface area contributed by atoms with Gasteiger partial charge in [-0.05, 0) is 24.1 Å². The summed E-state index contributed by atoms with van der Waals surface area (Å²) in [5.41, 5.74) is 0.353. The molecule has 1 atom stereocenters. The van der Waals surface area contributed by atoms with E-state index in [4.69, 9.17) is 10.2 Å². The van der Waals surface area contributed by atoms with Gasteiger partial charge in [-0.3, -0.25) is 0 Å². The number of benzene rings is 1. The number of hydrogen-bond donors (Lipinski definition) is 2.